The first-order chi connectivity index (χ1) is 29.3. The summed E-state index contributed by atoms with van der Waals surface area (Å²) in [6.07, 6.45) is 0. The number of pyridine rings is 1. The first-order valence-electron chi connectivity index (χ1n) is 20.1. The molecule has 13 rings (SSSR count). The van der Waals surface area contributed by atoms with Gasteiger partial charge in [0.1, 0.15) is 0 Å². The second-order valence-corrected chi connectivity index (χ2v) is 15.4. The predicted octanol–water partition coefficient (Wildman–Crippen LogP) is 13.7. The van der Waals surface area contributed by atoms with Gasteiger partial charge in [-0.15, -0.1) is 0 Å². The highest BCUT2D eigenvalue weighted by molar-refractivity contribution is 6.30. The van der Waals surface area contributed by atoms with Crippen molar-refractivity contribution in [3.05, 3.63) is 200 Å². The number of rotatable bonds is 5. The summed E-state index contributed by atoms with van der Waals surface area (Å²) < 4.78 is 7.15. The molecule has 274 valence electrons. The van der Waals surface area contributed by atoms with Crippen molar-refractivity contribution in [2.24, 2.45) is 0 Å². The first kappa shape index (κ1) is 32.1. The number of hydrogen-bond donors (Lipinski definition) is 0. The molecule has 0 aliphatic rings. The maximum Gasteiger partial charge on any atom is 0.235 e. The Morgan fingerprint density at radius 1 is 0.305 bits per heavy atom. The molecule has 5 nitrogen and oxygen atoms in total. The average molecular weight is 752 g/mol. The lowest BCUT2D eigenvalue weighted by Crippen LogP contribution is -2.03. The van der Waals surface area contributed by atoms with Crippen LogP contribution in [-0.4, -0.2) is 23.5 Å². The monoisotopic (exact) mass is 751 g/mol. The fraction of sp³-hybridized carbons (Fsp3) is 0. The van der Waals surface area contributed by atoms with Gasteiger partial charge in [-0.25, -0.2) is 9.97 Å². The molecule has 0 spiro atoms. The third kappa shape index (κ3) is 4.61. The lowest BCUT2D eigenvalue weighted by molar-refractivity contribution is 0.995. The van der Waals surface area contributed by atoms with Gasteiger partial charge in [0.25, 0.3) is 0 Å². The first-order valence-corrected chi connectivity index (χ1v) is 20.1. The van der Waals surface area contributed by atoms with Crippen LogP contribution < -0.4 is 0 Å². The summed E-state index contributed by atoms with van der Waals surface area (Å²) in [7, 11) is 0. The predicted molar refractivity (Wildman–Crippen MR) is 244 cm³/mol. The highest BCUT2D eigenvalue weighted by atomic mass is 15.2. The number of hydrogen-bond acceptors (Lipinski definition) is 2. The van der Waals surface area contributed by atoms with Gasteiger partial charge in [-0.3, -0.25) is 4.57 Å². The lowest BCUT2D eigenvalue weighted by Gasteiger charge is -2.12. The Labute approximate surface area is 338 Å². The molecule has 0 saturated carbocycles. The van der Waals surface area contributed by atoms with Crippen molar-refractivity contribution >= 4 is 70.9 Å². The van der Waals surface area contributed by atoms with E-state index in [9.17, 15) is 0 Å². The molecular weight excluding hydrogens is 719 g/mol. The summed E-state index contributed by atoms with van der Waals surface area (Å²) in [5.74, 6) is 0.647. The van der Waals surface area contributed by atoms with Crippen molar-refractivity contribution in [2.75, 3.05) is 0 Å². The Balaban J connectivity index is 1.06. The van der Waals surface area contributed by atoms with Gasteiger partial charge in [0, 0.05) is 49.1 Å². The van der Waals surface area contributed by atoms with Gasteiger partial charge < -0.3 is 8.97 Å². The molecule has 0 atom stereocenters. The molecule has 0 amide bonds. The summed E-state index contributed by atoms with van der Waals surface area (Å²) in [5, 5.41) is 7.40. The summed E-state index contributed by atoms with van der Waals surface area (Å²) in [5.41, 5.74) is 15.6. The molecule has 0 aliphatic carbocycles. The third-order valence-electron chi connectivity index (χ3n) is 12.2. The molecule has 59 heavy (non-hydrogen) atoms. The van der Waals surface area contributed by atoms with Gasteiger partial charge in [0.05, 0.1) is 50.0 Å². The van der Waals surface area contributed by atoms with E-state index in [4.69, 9.17) is 9.97 Å². The highest BCUT2D eigenvalue weighted by Gasteiger charge is 2.25. The molecular formula is C54H33N5. The Morgan fingerprint density at radius 3 is 1.49 bits per heavy atom. The fourth-order valence-corrected chi connectivity index (χ4v) is 9.64. The van der Waals surface area contributed by atoms with Crippen molar-refractivity contribution in [3.63, 3.8) is 0 Å². The van der Waals surface area contributed by atoms with E-state index in [2.05, 4.69) is 202 Å². The van der Waals surface area contributed by atoms with E-state index in [0.717, 1.165) is 55.6 Å². The minimum atomic E-state index is 0.647. The van der Waals surface area contributed by atoms with Gasteiger partial charge in [0.2, 0.25) is 5.95 Å². The molecule has 0 radical (unpaired) electrons. The minimum Gasteiger partial charge on any atom is -0.307 e. The maximum absolute atomic E-state index is 5.24. The fourth-order valence-electron chi connectivity index (χ4n) is 9.64. The van der Waals surface area contributed by atoms with Crippen molar-refractivity contribution in [1.29, 1.82) is 0 Å². The second kappa shape index (κ2) is 12.2. The van der Waals surface area contributed by atoms with Crippen molar-refractivity contribution in [1.82, 2.24) is 23.5 Å². The van der Waals surface area contributed by atoms with Gasteiger partial charge in [-0.2, -0.15) is 0 Å². The largest absolute Gasteiger partial charge is 0.307 e. The van der Waals surface area contributed by atoms with Crippen LogP contribution in [0.5, 0.6) is 0 Å². The topological polar surface area (TPSA) is 40.0 Å². The van der Waals surface area contributed by atoms with Gasteiger partial charge in [0.15, 0.2) is 0 Å². The SMILES string of the molecule is c1ccc(-c2cc(-c3ccccc3)nc(-n3c4ccccc4c4cc(-c5ccc6c(c5)c5c(c7cccc8c9ccccc9c5n87)n6-c5ccccc5)ccc43)n2)cc1. The quantitative estimate of drug-likeness (QED) is 0.176. The number of benzene rings is 7. The van der Waals surface area contributed by atoms with E-state index in [-0.39, 0.29) is 0 Å². The van der Waals surface area contributed by atoms with Gasteiger partial charge in [-0.05, 0) is 71.8 Å². The molecule has 0 aliphatic heterocycles. The Kier molecular flexibility index (Phi) is 6.66. The van der Waals surface area contributed by atoms with E-state index in [1.165, 1.54) is 54.7 Å². The molecule has 6 heterocycles. The standard InChI is InChI=1S/C54H33N5/c1-4-15-34(16-5-1)44-33-45(35-17-6-2-7-18-35)56-54(55-44)59-47-24-13-12-22-40(47)42-31-36(27-29-48(42)59)37-28-30-49-43(32-37)51-52-41-23-11-10-21-39(41)46-25-14-26-50(58(46)52)53(51)57(49)38-19-8-3-9-20-38/h1-33H. The number of aromatic nitrogens is 5. The molecule has 13 aromatic rings. The van der Waals surface area contributed by atoms with Crippen LogP contribution in [0.25, 0.3) is 116 Å². The second-order valence-electron chi connectivity index (χ2n) is 15.4. The molecule has 6 aromatic heterocycles. The maximum atomic E-state index is 5.24. The minimum absolute atomic E-state index is 0.647. The molecule has 0 bridgehead atoms. The molecule has 5 heteroatoms. The number of fused-ring (bicyclic) bond motifs is 11. The van der Waals surface area contributed by atoms with Crippen LogP contribution in [0.4, 0.5) is 0 Å². The van der Waals surface area contributed by atoms with E-state index in [0.29, 0.717) is 5.95 Å². The Hall–Kier alpha value is -8.02. The molecule has 7 aromatic carbocycles. The molecule has 0 unspecified atom stereocenters. The van der Waals surface area contributed by atoms with Crippen molar-refractivity contribution in [2.45, 2.75) is 0 Å². The zero-order valence-electron chi connectivity index (χ0n) is 31.8. The zero-order valence-corrected chi connectivity index (χ0v) is 31.8. The zero-order chi connectivity index (χ0) is 38.6. The smallest absolute Gasteiger partial charge is 0.235 e. The summed E-state index contributed by atoms with van der Waals surface area (Å²) >= 11 is 0. The van der Waals surface area contributed by atoms with Crippen molar-refractivity contribution < 1.29 is 0 Å². The summed E-state index contributed by atoms with van der Waals surface area (Å²) in [6, 6.07) is 71.7. The third-order valence-corrected chi connectivity index (χ3v) is 12.2. The van der Waals surface area contributed by atoms with Crippen LogP contribution >= 0.6 is 0 Å². The van der Waals surface area contributed by atoms with Crippen LogP contribution in [0.3, 0.4) is 0 Å². The van der Waals surface area contributed by atoms with E-state index < -0.39 is 0 Å². The Bertz CT molecular complexity index is 3700. The van der Waals surface area contributed by atoms with Gasteiger partial charge >= 0.3 is 0 Å². The lowest BCUT2D eigenvalue weighted by atomic mass is 10.0. The van der Waals surface area contributed by atoms with Gasteiger partial charge in [-0.1, -0.05) is 140 Å². The molecule has 0 saturated heterocycles. The highest BCUT2D eigenvalue weighted by Crippen LogP contribution is 2.46. The number of nitrogens with zero attached hydrogens (tertiary/aromatic N) is 5. The van der Waals surface area contributed by atoms with Crippen LogP contribution in [-0.2, 0) is 0 Å². The van der Waals surface area contributed by atoms with E-state index >= 15 is 0 Å². The van der Waals surface area contributed by atoms with Crippen LogP contribution in [0, 0.1) is 0 Å². The van der Waals surface area contributed by atoms with Crippen LogP contribution in [0.2, 0.25) is 0 Å². The normalized spacial score (nSPS) is 12.1. The van der Waals surface area contributed by atoms with Crippen molar-refractivity contribution in [3.8, 4) is 45.3 Å². The van der Waals surface area contributed by atoms with Crippen LogP contribution in [0.15, 0.2) is 200 Å². The van der Waals surface area contributed by atoms with Crippen LogP contribution in [0.1, 0.15) is 0 Å². The van der Waals surface area contributed by atoms with E-state index in [1.54, 1.807) is 0 Å². The average Bonchev–Trinajstić information content (AvgIpc) is 4.03. The number of para-hydroxylation sites is 2. The molecule has 0 N–H and O–H groups in total. The molecule has 0 fully saturated rings. The summed E-state index contributed by atoms with van der Waals surface area (Å²) in [6.45, 7) is 0. The summed E-state index contributed by atoms with van der Waals surface area (Å²) in [4.78, 5) is 10.5. The Morgan fingerprint density at radius 2 is 0.814 bits per heavy atom. The van der Waals surface area contributed by atoms with E-state index in [1.807, 2.05) is 12.1 Å².